The molecule has 2 aromatic heterocycles. The van der Waals surface area contributed by atoms with Crippen molar-refractivity contribution in [1.29, 1.82) is 0 Å². The highest BCUT2D eigenvalue weighted by atomic mass is 28.3. The van der Waals surface area contributed by atoms with Crippen LogP contribution in [0.4, 0.5) is 0 Å². The van der Waals surface area contributed by atoms with Crippen LogP contribution in [-0.2, 0) is 0 Å². The van der Waals surface area contributed by atoms with Gasteiger partial charge in [-0.3, -0.25) is 4.98 Å². The molecule has 8 rings (SSSR count). The molecular formula is C35H24N2Si. The Balaban J connectivity index is 1.51. The SMILES string of the molecule is c1ccc(-n2c3ccc([Si]4(c5ccccc5)c5ccccc5-c5ccccc54)cc3c3ccncc32)cc1. The Morgan fingerprint density at radius 2 is 1.13 bits per heavy atom. The normalized spacial score (nSPS) is 13.5. The van der Waals surface area contributed by atoms with Gasteiger partial charge in [-0.15, -0.1) is 0 Å². The van der Waals surface area contributed by atoms with Gasteiger partial charge < -0.3 is 4.57 Å². The monoisotopic (exact) mass is 500 g/mol. The number of pyridine rings is 1. The van der Waals surface area contributed by atoms with Crippen molar-refractivity contribution in [1.82, 2.24) is 9.55 Å². The summed E-state index contributed by atoms with van der Waals surface area (Å²) in [6, 6.07) is 49.3. The first-order valence-corrected chi connectivity index (χ1v) is 15.1. The molecule has 0 bridgehead atoms. The van der Waals surface area contributed by atoms with E-state index in [9.17, 15) is 0 Å². The summed E-state index contributed by atoms with van der Waals surface area (Å²) in [6.07, 6.45) is 3.90. The Morgan fingerprint density at radius 1 is 0.500 bits per heavy atom. The molecule has 0 atom stereocenters. The molecule has 38 heavy (non-hydrogen) atoms. The molecule has 2 nitrogen and oxygen atoms in total. The fraction of sp³-hybridized carbons (Fsp3) is 0. The molecule has 0 saturated carbocycles. The van der Waals surface area contributed by atoms with Crippen molar-refractivity contribution in [3.63, 3.8) is 0 Å². The molecule has 0 spiro atoms. The van der Waals surface area contributed by atoms with Crippen LogP contribution in [-0.4, -0.2) is 17.6 Å². The first-order valence-electron chi connectivity index (χ1n) is 13.1. The second kappa shape index (κ2) is 8.14. The van der Waals surface area contributed by atoms with Crippen LogP contribution in [0.3, 0.4) is 0 Å². The summed E-state index contributed by atoms with van der Waals surface area (Å²) in [5, 5.41) is 8.29. The van der Waals surface area contributed by atoms with Crippen LogP contribution in [0.15, 0.2) is 146 Å². The zero-order valence-corrected chi connectivity index (χ0v) is 21.8. The standard InChI is InChI=1S/C35H24N2Si/c1-3-11-25(12-4-1)37-32-20-19-27(23-31(32)28-21-22-36-24-33(28)37)38(26-13-5-2-6-14-26)34-17-9-7-15-29(34)30-16-8-10-18-35(30)38/h1-24H. The van der Waals surface area contributed by atoms with Gasteiger partial charge in [0, 0.05) is 22.7 Å². The van der Waals surface area contributed by atoms with Gasteiger partial charge in [-0.05, 0) is 56.1 Å². The van der Waals surface area contributed by atoms with E-state index in [-0.39, 0.29) is 0 Å². The molecule has 0 saturated heterocycles. The number of rotatable bonds is 3. The first-order chi connectivity index (χ1) is 18.9. The number of hydrogen-bond donors (Lipinski definition) is 0. The number of aromatic nitrogens is 2. The van der Waals surface area contributed by atoms with Gasteiger partial charge in [0.15, 0.2) is 8.07 Å². The van der Waals surface area contributed by atoms with Crippen LogP contribution in [0.1, 0.15) is 0 Å². The van der Waals surface area contributed by atoms with E-state index < -0.39 is 8.07 Å². The zero-order chi connectivity index (χ0) is 25.1. The van der Waals surface area contributed by atoms with Gasteiger partial charge in [0.1, 0.15) is 0 Å². The van der Waals surface area contributed by atoms with E-state index in [0.29, 0.717) is 0 Å². The van der Waals surface area contributed by atoms with Crippen LogP contribution in [0.5, 0.6) is 0 Å². The lowest BCUT2D eigenvalue weighted by Gasteiger charge is -2.31. The summed E-state index contributed by atoms with van der Waals surface area (Å²) in [4.78, 5) is 4.50. The smallest absolute Gasteiger partial charge is 0.180 e. The lowest BCUT2D eigenvalue weighted by molar-refractivity contribution is 1.17. The quantitative estimate of drug-likeness (QED) is 0.292. The van der Waals surface area contributed by atoms with E-state index in [4.69, 9.17) is 0 Å². The Kier molecular flexibility index (Phi) is 4.57. The van der Waals surface area contributed by atoms with Crippen molar-refractivity contribution >= 4 is 50.6 Å². The van der Waals surface area contributed by atoms with Gasteiger partial charge >= 0.3 is 0 Å². The molecular weight excluding hydrogens is 476 g/mol. The third kappa shape index (κ3) is 2.79. The van der Waals surface area contributed by atoms with E-state index in [0.717, 1.165) is 11.2 Å². The van der Waals surface area contributed by atoms with Gasteiger partial charge in [0.2, 0.25) is 0 Å². The Hall–Kier alpha value is -4.73. The number of nitrogens with zero attached hydrogens (tertiary/aromatic N) is 2. The summed E-state index contributed by atoms with van der Waals surface area (Å²) >= 11 is 0. The molecule has 0 unspecified atom stereocenters. The summed E-state index contributed by atoms with van der Waals surface area (Å²) in [7, 11) is -2.53. The molecule has 0 N–H and O–H groups in total. The van der Waals surface area contributed by atoms with Crippen molar-refractivity contribution in [2.75, 3.05) is 0 Å². The third-order valence-corrected chi connectivity index (χ3v) is 13.0. The average Bonchev–Trinajstić information content (AvgIpc) is 3.49. The largest absolute Gasteiger partial charge is 0.308 e. The number of fused-ring (bicyclic) bond motifs is 6. The fourth-order valence-corrected chi connectivity index (χ4v) is 11.9. The first kappa shape index (κ1) is 21.4. The minimum Gasteiger partial charge on any atom is -0.308 e. The predicted molar refractivity (Wildman–Crippen MR) is 161 cm³/mol. The van der Waals surface area contributed by atoms with E-state index in [2.05, 4.69) is 143 Å². The van der Waals surface area contributed by atoms with Crippen LogP contribution >= 0.6 is 0 Å². The molecule has 0 aliphatic carbocycles. The molecule has 178 valence electrons. The highest BCUT2D eigenvalue weighted by Gasteiger charge is 2.48. The van der Waals surface area contributed by atoms with Crippen molar-refractivity contribution in [2.45, 2.75) is 0 Å². The average molecular weight is 501 g/mol. The summed E-state index contributed by atoms with van der Waals surface area (Å²) in [5.41, 5.74) is 6.23. The van der Waals surface area contributed by atoms with Gasteiger partial charge in [0.05, 0.1) is 17.2 Å². The number of hydrogen-bond acceptors (Lipinski definition) is 1. The molecule has 3 heteroatoms. The molecule has 1 aliphatic heterocycles. The van der Waals surface area contributed by atoms with E-state index in [1.165, 1.54) is 48.2 Å². The molecule has 0 radical (unpaired) electrons. The second-order valence-electron chi connectivity index (χ2n) is 10.0. The highest BCUT2D eigenvalue weighted by molar-refractivity contribution is 7.22. The molecule has 1 aliphatic rings. The van der Waals surface area contributed by atoms with Crippen molar-refractivity contribution < 1.29 is 0 Å². The van der Waals surface area contributed by atoms with E-state index >= 15 is 0 Å². The number of para-hydroxylation sites is 1. The van der Waals surface area contributed by atoms with E-state index in [1.807, 2.05) is 12.4 Å². The lowest BCUT2D eigenvalue weighted by atomic mass is 10.1. The van der Waals surface area contributed by atoms with Crippen LogP contribution in [0.2, 0.25) is 0 Å². The van der Waals surface area contributed by atoms with Crippen LogP contribution < -0.4 is 20.7 Å². The van der Waals surface area contributed by atoms with Crippen molar-refractivity contribution in [3.05, 3.63) is 146 Å². The number of benzene rings is 5. The van der Waals surface area contributed by atoms with Gasteiger partial charge in [-0.1, -0.05) is 109 Å². The van der Waals surface area contributed by atoms with Gasteiger partial charge in [-0.2, -0.15) is 0 Å². The molecule has 7 aromatic rings. The molecule has 5 aromatic carbocycles. The molecule has 0 amide bonds. The fourth-order valence-electron chi connectivity index (χ4n) is 6.67. The zero-order valence-electron chi connectivity index (χ0n) is 20.8. The second-order valence-corrected chi connectivity index (χ2v) is 13.7. The molecule has 0 fully saturated rings. The Labute approximate surface area is 222 Å². The van der Waals surface area contributed by atoms with Gasteiger partial charge in [-0.25, -0.2) is 0 Å². The lowest BCUT2D eigenvalue weighted by Crippen LogP contribution is -2.72. The molecule has 3 heterocycles. The topological polar surface area (TPSA) is 17.8 Å². The van der Waals surface area contributed by atoms with Crippen LogP contribution in [0, 0.1) is 0 Å². The minimum absolute atomic E-state index is 1.13. The third-order valence-electron chi connectivity index (χ3n) is 8.18. The van der Waals surface area contributed by atoms with Crippen molar-refractivity contribution in [2.24, 2.45) is 0 Å². The maximum absolute atomic E-state index is 4.50. The van der Waals surface area contributed by atoms with E-state index in [1.54, 1.807) is 0 Å². The Bertz CT molecular complexity index is 1930. The predicted octanol–water partition coefficient (Wildman–Crippen LogP) is 5.54. The minimum atomic E-state index is -2.53. The van der Waals surface area contributed by atoms with Gasteiger partial charge in [0.25, 0.3) is 0 Å². The summed E-state index contributed by atoms with van der Waals surface area (Å²) < 4.78 is 2.34. The summed E-state index contributed by atoms with van der Waals surface area (Å²) in [6.45, 7) is 0. The highest BCUT2D eigenvalue weighted by Crippen LogP contribution is 2.33. The van der Waals surface area contributed by atoms with Crippen molar-refractivity contribution in [3.8, 4) is 16.8 Å². The Morgan fingerprint density at radius 3 is 1.84 bits per heavy atom. The van der Waals surface area contributed by atoms with Crippen LogP contribution in [0.25, 0.3) is 38.6 Å². The summed E-state index contributed by atoms with van der Waals surface area (Å²) in [5.74, 6) is 0. The maximum atomic E-state index is 4.50. The maximum Gasteiger partial charge on any atom is 0.180 e.